The van der Waals surface area contributed by atoms with Crippen LogP contribution in [0.3, 0.4) is 0 Å². The molecule has 0 aliphatic carbocycles. The van der Waals surface area contributed by atoms with Gasteiger partial charge in [0, 0.05) is 5.25 Å². The molecule has 0 aromatic carbocycles. The van der Waals surface area contributed by atoms with Gasteiger partial charge in [-0.3, -0.25) is 0 Å². The highest BCUT2D eigenvalue weighted by molar-refractivity contribution is 7.80. The predicted molar refractivity (Wildman–Crippen MR) is 62.0 cm³/mol. The molecule has 0 saturated heterocycles. The molecule has 0 amide bonds. The van der Waals surface area contributed by atoms with Crippen molar-refractivity contribution in [1.82, 2.24) is 0 Å². The first-order valence-electron chi connectivity index (χ1n) is 4.75. The van der Waals surface area contributed by atoms with Gasteiger partial charge in [-0.15, -0.1) is 0 Å². The van der Waals surface area contributed by atoms with Crippen LogP contribution < -0.4 is 0 Å². The Morgan fingerprint density at radius 1 is 1.50 bits per heavy atom. The molecule has 0 N–H and O–H groups in total. The minimum absolute atomic E-state index is 0.0480. The summed E-state index contributed by atoms with van der Waals surface area (Å²) in [5.41, 5.74) is 0.0480. The average molecular weight is 206 g/mol. The third-order valence-corrected chi connectivity index (χ3v) is 3.72. The Balaban J connectivity index is 3.60. The lowest BCUT2D eigenvalue weighted by atomic mass is 10.00. The molecule has 1 atom stereocenters. The largest absolute Gasteiger partial charge is 0.423 e. The smallest absolute Gasteiger partial charge is 0.146 e. The second-order valence-corrected chi connectivity index (χ2v) is 5.10. The lowest BCUT2D eigenvalue weighted by Gasteiger charge is -2.26. The maximum atomic E-state index is 5.48. The van der Waals surface area contributed by atoms with E-state index in [9.17, 15) is 0 Å². The van der Waals surface area contributed by atoms with Crippen molar-refractivity contribution in [2.24, 2.45) is 0 Å². The van der Waals surface area contributed by atoms with Gasteiger partial charge in [0.2, 0.25) is 0 Å². The van der Waals surface area contributed by atoms with Crippen molar-refractivity contribution in [2.75, 3.05) is 0 Å². The van der Waals surface area contributed by atoms with E-state index < -0.39 is 0 Å². The minimum atomic E-state index is 0.0480. The molecule has 0 aromatic heterocycles. The number of unbranched alkanes of at least 4 members (excludes halogenated alkanes) is 1. The van der Waals surface area contributed by atoms with E-state index in [2.05, 4.69) is 33.4 Å². The Kier molecular flexibility index (Phi) is 6.32. The van der Waals surface area contributed by atoms with Gasteiger partial charge in [0.1, 0.15) is 10.5 Å². The van der Waals surface area contributed by atoms with Crippen LogP contribution in [0, 0.1) is 0 Å². The van der Waals surface area contributed by atoms with Crippen molar-refractivity contribution in [3.05, 3.63) is 0 Å². The molecule has 0 saturated carbocycles. The van der Waals surface area contributed by atoms with Gasteiger partial charge in [0.25, 0.3) is 0 Å². The molecule has 0 aliphatic rings. The Morgan fingerprint density at radius 2 is 2.08 bits per heavy atom. The van der Waals surface area contributed by atoms with E-state index in [1.807, 2.05) is 0 Å². The first-order chi connectivity index (χ1) is 5.52. The number of thiol groups is 1. The van der Waals surface area contributed by atoms with Gasteiger partial charge in [0.05, 0.1) is 5.60 Å². The molecule has 12 heavy (non-hydrogen) atoms. The average Bonchev–Trinajstić information content (AvgIpc) is 2.00. The van der Waals surface area contributed by atoms with Crippen LogP contribution in [-0.2, 0) is 4.43 Å². The number of hydrogen-bond donors (Lipinski definition) is 1. The van der Waals surface area contributed by atoms with Crippen LogP contribution in [0.15, 0.2) is 0 Å². The molecular weight excluding hydrogens is 184 g/mol. The Hall–Kier alpha value is 0.527. The fourth-order valence-corrected chi connectivity index (χ4v) is 1.98. The molecule has 0 radical (unpaired) electrons. The molecule has 0 bridgehead atoms. The summed E-state index contributed by atoms with van der Waals surface area (Å²) in [5.74, 6) is 0. The predicted octanol–water partition coefficient (Wildman–Crippen LogP) is 1.94. The van der Waals surface area contributed by atoms with E-state index >= 15 is 0 Å². The van der Waals surface area contributed by atoms with Gasteiger partial charge in [-0.25, -0.2) is 0 Å². The third-order valence-electron chi connectivity index (χ3n) is 2.17. The highest BCUT2D eigenvalue weighted by Crippen LogP contribution is 2.21. The molecule has 0 spiro atoms. The van der Waals surface area contributed by atoms with Crippen molar-refractivity contribution < 1.29 is 4.43 Å². The van der Waals surface area contributed by atoms with Crippen molar-refractivity contribution in [3.8, 4) is 0 Å². The fourth-order valence-electron chi connectivity index (χ4n) is 1.19. The molecule has 3 heteroatoms. The molecule has 0 rings (SSSR count). The summed E-state index contributed by atoms with van der Waals surface area (Å²) in [5, 5.41) is 0.508. The highest BCUT2D eigenvalue weighted by Gasteiger charge is 2.19. The summed E-state index contributed by atoms with van der Waals surface area (Å²) in [7, 11) is 0.824. The van der Waals surface area contributed by atoms with Gasteiger partial charge < -0.3 is 4.43 Å². The molecule has 1 unspecified atom stereocenters. The number of rotatable bonds is 6. The Morgan fingerprint density at radius 3 is 2.50 bits per heavy atom. The monoisotopic (exact) mass is 206 g/mol. The second-order valence-electron chi connectivity index (χ2n) is 3.96. The van der Waals surface area contributed by atoms with Gasteiger partial charge >= 0.3 is 0 Å². The first-order valence-corrected chi connectivity index (χ1v) is 6.08. The molecule has 0 heterocycles. The normalized spacial score (nSPS) is 15.0. The highest BCUT2D eigenvalue weighted by atomic mass is 32.1. The topological polar surface area (TPSA) is 9.23 Å². The van der Waals surface area contributed by atoms with Gasteiger partial charge in [-0.05, 0) is 26.7 Å². The van der Waals surface area contributed by atoms with Gasteiger partial charge in [-0.2, -0.15) is 12.6 Å². The molecule has 74 valence electrons. The maximum absolute atomic E-state index is 5.48. The summed E-state index contributed by atoms with van der Waals surface area (Å²) in [6.45, 7) is 6.51. The Labute approximate surface area is 85.2 Å². The lowest BCUT2D eigenvalue weighted by Crippen LogP contribution is -2.27. The van der Waals surface area contributed by atoms with Gasteiger partial charge in [0.15, 0.2) is 0 Å². The first kappa shape index (κ1) is 12.5. The standard InChI is InChI=1S/C9H22OSSi/c1-4-5-6-8(11)7-9(2,3)10-12/h8,11H,4-7H2,1-3,12H3. The summed E-state index contributed by atoms with van der Waals surface area (Å²) in [6.07, 6.45) is 4.83. The third kappa shape index (κ3) is 6.09. The molecule has 0 aliphatic heterocycles. The van der Waals surface area contributed by atoms with Crippen LogP contribution in [0.25, 0.3) is 0 Å². The number of hydrogen-bond acceptors (Lipinski definition) is 2. The van der Waals surface area contributed by atoms with Gasteiger partial charge in [-0.1, -0.05) is 19.8 Å². The second kappa shape index (κ2) is 6.05. The summed E-state index contributed by atoms with van der Waals surface area (Å²) >= 11 is 4.55. The van der Waals surface area contributed by atoms with E-state index in [1.54, 1.807) is 0 Å². The van der Waals surface area contributed by atoms with E-state index in [4.69, 9.17) is 4.43 Å². The van der Waals surface area contributed by atoms with Crippen molar-refractivity contribution in [3.63, 3.8) is 0 Å². The van der Waals surface area contributed by atoms with E-state index in [-0.39, 0.29) is 5.60 Å². The summed E-state index contributed by atoms with van der Waals surface area (Å²) < 4.78 is 5.48. The zero-order valence-corrected chi connectivity index (χ0v) is 11.7. The van der Waals surface area contributed by atoms with Crippen LogP contribution >= 0.6 is 12.6 Å². The molecule has 1 nitrogen and oxygen atoms in total. The van der Waals surface area contributed by atoms with Crippen LogP contribution in [0.1, 0.15) is 46.5 Å². The Bertz CT molecular complexity index is 117. The fraction of sp³-hybridized carbons (Fsp3) is 1.00. The summed E-state index contributed by atoms with van der Waals surface area (Å²) in [6, 6.07) is 0. The van der Waals surface area contributed by atoms with Crippen LogP contribution in [0.2, 0.25) is 0 Å². The van der Waals surface area contributed by atoms with E-state index in [0.717, 1.165) is 16.9 Å². The zero-order chi connectivity index (χ0) is 9.61. The zero-order valence-electron chi connectivity index (χ0n) is 8.76. The van der Waals surface area contributed by atoms with Crippen molar-refractivity contribution in [2.45, 2.75) is 57.3 Å². The molecule has 0 fully saturated rings. The lowest BCUT2D eigenvalue weighted by molar-refractivity contribution is 0.111. The SMILES string of the molecule is CCCCC(S)CC(C)(C)O[SiH3]. The van der Waals surface area contributed by atoms with E-state index in [1.165, 1.54) is 19.3 Å². The minimum Gasteiger partial charge on any atom is -0.423 e. The maximum Gasteiger partial charge on any atom is 0.146 e. The van der Waals surface area contributed by atoms with E-state index in [0.29, 0.717) is 5.25 Å². The van der Waals surface area contributed by atoms with Crippen LogP contribution in [-0.4, -0.2) is 21.3 Å². The van der Waals surface area contributed by atoms with Crippen LogP contribution in [0.4, 0.5) is 0 Å². The summed E-state index contributed by atoms with van der Waals surface area (Å²) in [4.78, 5) is 0. The van der Waals surface area contributed by atoms with Crippen molar-refractivity contribution >= 4 is 23.1 Å². The molecule has 0 aromatic rings. The quantitative estimate of drug-likeness (QED) is 0.516. The van der Waals surface area contributed by atoms with Crippen LogP contribution in [0.5, 0.6) is 0 Å². The molecular formula is C9H22OSSi. The van der Waals surface area contributed by atoms with Crippen molar-refractivity contribution in [1.29, 1.82) is 0 Å².